The smallest absolute Gasteiger partial charge is 0.179 e. The molecular formula is C8H11Cl2N3O. The van der Waals surface area contributed by atoms with E-state index in [1.165, 1.54) is 0 Å². The summed E-state index contributed by atoms with van der Waals surface area (Å²) in [5.41, 5.74) is 6.73. The van der Waals surface area contributed by atoms with Crippen LogP contribution >= 0.6 is 24.8 Å². The predicted molar refractivity (Wildman–Crippen MR) is 59.2 cm³/mol. The standard InChI is InChI=1S/C8H9N3O.2ClH/c9-4-6-5-11-3-1-2-7(12)8(11)10-6;;/h1-3,5,12H,4,9H2;2*1H. The van der Waals surface area contributed by atoms with Crippen LogP contribution in [0.25, 0.3) is 5.65 Å². The Morgan fingerprint density at radius 1 is 1.43 bits per heavy atom. The van der Waals surface area contributed by atoms with Crippen molar-refractivity contribution in [2.75, 3.05) is 0 Å². The monoisotopic (exact) mass is 235 g/mol. The van der Waals surface area contributed by atoms with Crippen LogP contribution in [0.15, 0.2) is 24.5 Å². The molecule has 2 rings (SSSR count). The summed E-state index contributed by atoms with van der Waals surface area (Å²) >= 11 is 0. The number of halogens is 2. The molecule has 0 saturated carbocycles. The minimum atomic E-state index is 0. The molecule has 78 valence electrons. The van der Waals surface area contributed by atoms with E-state index in [0.29, 0.717) is 12.2 Å². The third-order valence-electron chi connectivity index (χ3n) is 1.72. The highest BCUT2D eigenvalue weighted by Gasteiger charge is 2.02. The molecule has 0 saturated heterocycles. The number of nitrogens with two attached hydrogens (primary N) is 1. The van der Waals surface area contributed by atoms with E-state index in [9.17, 15) is 5.11 Å². The summed E-state index contributed by atoms with van der Waals surface area (Å²) in [4.78, 5) is 4.12. The van der Waals surface area contributed by atoms with E-state index in [1.807, 2.05) is 6.20 Å². The van der Waals surface area contributed by atoms with Gasteiger partial charge in [-0.25, -0.2) is 4.98 Å². The van der Waals surface area contributed by atoms with Gasteiger partial charge in [-0.3, -0.25) is 0 Å². The van der Waals surface area contributed by atoms with Crippen LogP contribution in [-0.2, 0) is 6.54 Å². The molecule has 2 heterocycles. The lowest BCUT2D eigenvalue weighted by atomic mass is 10.4. The van der Waals surface area contributed by atoms with Gasteiger partial charge < -0.3 is 15.2 Å². The van der Waals surface area contributed by atoms with Gasteiger partial charge in [-0.2, -0.15) is 0 Å². The first kappa shape index (κ1) is 13.0. The molecule has 14 heavy (non-hydrogen) atoms. The van der Waals surface area contributed by atoms with Gasteiger partial charge >= 0.3 is 0 Å². The first-order valence-corrected chi connectivity index (χ1v) is 3.67. The van der Waals surface area contributed by atoms with Crippen LogP contribution in [0.2, 0.25) is 0 Å². The molecule has 0 atom stereocenters. The maximum Gasteiger partial charge on any atom is 0.179 e. The first-order chi connectivity index (χ1) is 5.81. The van der Waals surface area contributed by atoms with E-state index in [1.54, 1.807) is 22.7 Å². The number of nitrogens with zero attached hydrogens (tertiary/aromatic N) is 2. The van der Waals surface area contributed by atoms with Crippen molar-refractivity contribution in [2.24, 2.45) is 5.73 Å². The molecule has 0 fully saturated rings. The van der Waals surface area contributed by atoms with Crippen molar-refractivity contribution < 1.29 is 5.11 Å². The zero-order valence-corrected chi connectivity index (χ0v) is 8.88. The van der Waals surface area contributed by atoms with Crippen LogP contribution in [0.1, 0.15) is 5.69 Å². The first-order valence-electron chi connectivity index (χ1n) is 3.67. The Morgan fingerprint density at radius 2 is 2.14 bits per heavy atom. The third kappa shape index (κ3) is 2.09. The topological polar surface area (TPSA) is 63.5 Å². The Morgan fingerprint density at radius 3 is 2.71 bits per heavy atom. The van der Waals surface area contributed by atoms with Crippen molar-refractivity contribution in [2.45, 2.75) is 6.54 Å². The second kappa shape index (κ2) is 5.05. The lowest BCUT2D eigenvalue weighted by Crippen LogP contribution is -1.95. The number of fused-ring (bicyclic) bond motifs is 1. The average molecular weight is 236 g/mol. The van der Waals surface area contributed by atoms with Crippen molar-refractivity contribution in [1.29, 1.82) is 0 Å². The van der Waals surface area contributed by atoms with Crippen molar-refractivity contribution >= 4 is 30.5 Å². The highest BCUT2D eigenvalue weighted by atomic mass is 35.5. The largest absolute Gasteiger partial charge is 0.504 e. The average Bonchev–Trinajstić information content (AvgIpc) is 2.49. The Kier molecular flexibility index (Phi) is 4.70. The Bertz CT molecular complexity index is 416. The summed E-state index contributed by atoms with van der Waals surface area (Å²) in [6, 6.07) is 3.35. The Hall–Kier alpha value is -0.970. The van der Waals surface area contributed by atoms with Crippen LogP contribution in [0.3, 0.4) is 0 Å². The van der Waals surface area contributed by atoms with Gasteiger partial charge in [-0.1, -0.05) is 0 Å². The highest BCUT2D eigenvalue weighted by Crippen LogP contribution is 2.16. The molecule has 3 N–H and O–H groups in total. The summed E-state index contributed by atoms with van der Waals surface area (Å²) in [5.74, 6) is 0.178. The van der Waals surface area contributed by atoms with Gasteiger partial charge in [-0.05, 0) is 12.1 Å². The van der Waals surface area contributed by atoms with Crippen molar-refractivity contribution in [3.05, 3.63) is 30.2 Å². The molecule has 0 aromatic carbocycles. The number of hydrogen-bond donors (Lipinski definition) is 2. The Labute approximate surface area is 93.6 Å². The van der Waals surface area contributed by atoms with Gasteiger partial charge in [0.1, 0.15) is 0 Å². The number of aromatic hydroxyl groups is 1. The van der Waals surface area contributed by atoms with Crippen LogP contribution in [0.4, 0.5) is 0 Å². The molecule has 0 amide bonds. The number of aromatic nitrogens is 2. The number of pyridine rings is 1. The fourth-order valence-electron chi connectivity index (χ4n) is 1.15. The fourth-order valence-corrected chi connectivity index (χ4v) is 1.15. The quantitative estimate of drug-likeness (QED) is 0.785. The molecule has 0 aliphatic rings. The molecule has 2 aromatic rings. The molecule has 0 radical (unpaired) electrons. The normalized spacial score (nSPS) is 9.21. The van der Waals surface area contributed by atoms with Gasteiger partial charge in [0.25, 0.3) is 0 Å². The summed E-state index contributed by atoms with van der Waals surface area (Å²) < 4.78 is 1.75. The van der Waals surface area contributed by atoms with Gasteiger partial charge in [0.05, 0.1) is 5.69 Å². The zero-order chi connectivity index (χ0) is 8.55. The fraction of sp³-hybridized carbons (Fsp3) is 0.125. The van der Waals surface area contributed by atoms with Gasteiger partial charge in [-0.15, -0.1) is 24.8 Å². The molecule has 2 aromatic heterocycles. The van der Waals surface area contributed by atoms with E-state index in [0.717, 1.165) is 5.69 Å². The van der Waals surface area contributed by atoms with Gasteiger partial charge in [0.15, 0.2) is 11.4 Å². The van der Waals surface area contributed by atoms with E-state index in [4.69, 9.17) is 5.73 Å². The van der Waals surface area contributed by atoms with Gasteiger partial charge in [0, 0.05) is 18.9 Å². The van der Waals surface area contributed by atoms with Crippen LogP contribution in [0, 0.1) is 0 Å². The zero-order valence-electron chi connectivity index (χ0n) is 7.25. The molecule has 0 aliphatic carbocycles. The van der Waals surface area contributed by atoms with Crippen LogP contribution < -0.4 is 5.73 Å². The summed E-state index contributed by atoms with van der Waals surface area (Å²) in [7, 11) is 0. The van der Waals surface area contributed by atoms with E-state index in [2.05, 4.69) is 4.98 Å². The van der Waals surface area contributed by atoms with Crippen molar-refractivity contribution in [3.8, 4) is 5.75 Å². The summed E-state index contributed by atoms with van der Waals surface area (Å²) in [5, 5.41) is 9.36. The predicted octanol–water partition coefficient (Wildman–Crippen LogP) is 1.34. The molecule has 0 bridgehead atoms. The van der Waals surface area contributed by atoms with Gasteiger partial charge in [0.2, 0.25) is 0 Å². The van der Waals surface area contributed by atoms with Crippen LogP contribution in [0.5, 0.6) is 5.75 Å². The molecule has 0 aliphatic heterocycles. The maximum atomic E-state index is 9.36. The molecule has 6 heteroatoms. The van der Waals surface area contributed by atoms with Crippen LogP contribution in [-0.4, -0.2) is 14.5 Å². The molecule has 0 spiro atoms. The second-order valence-corrected chi connectivity index (χ2v) is 2.56. The number of rotatable bonds is 1. The van der Waals surface area contributed by atoms with Crippen molar-refractivity contribution in [3.63, 3.8) is 0 Å². The summed E-state index contributed by atoms with van der Waals surface area (Å²) in [6.07, 6.45) is 3.62. The molecule has 0 unspecified atom stereocenters. The SMILES string of the molecule is Cl.Cl.NCc1cn2cccc(O)c2n1. The lowest BCUT2D eigenvalue weighted by Gasteiger charge is -1.92. The number of hydrogen-bond acceptors (Lipinski definition) is 3. The molecule has 4 nitrogen and oxygen atoms in total. The maximum absolute atomic E-state index is 9.36. The van der Waals surface area contributed by atoms with E-state index in [-0.39, 0.29) is 30.6 Å². The second-order valence-electron chi connectivity index (χ2n) is 2.56. The lowest BCUT2D eigenvalue weighted by molar-refractivity contribution is 0.477. The van der Waals surface area contributed by atoms with E-state index < -0.39 is 0 Å². The van der Waals surface area contributed by atoms with E-state index >= 15 is 0 Å². The molecular weight excluding hydrogens is 225 g/mol. The third-order valence-corrected chi connectivity index (χ3v) is 1.72. The summed E-state index contributed by atoms with van der Waals surface area (Å²) in [6.45, 7) is 0.390. The Balaban J connectivity index is 0.000000845. The minimum Gasteiger partial charge on any atom is -0.504 e. The highest BCUT2D eigenvalue weighted by molar-refractivity contribution is 5.85. The number of imidazole rings is 1. The minimum absolute atomic E-state index is 0. The van der Waals surface area contributed by atoms with Crippen molar-refractivity contribution in [1.82, 2.24) is 9.38 Å².